The standard InChI is InChI=1S/C30H28FN5O4/c31-24-6-5-22(34-29(37)21-3-8-27-28(16-21)40-14-13-39-27)17-26(24)35-30(38)20-2-7-25-19(15-20)1-4-23(33-25)18-36-11-9-32-10-12-36/h1-8,15-17,32H,9-14,18H2,(H,34,37)(H,35,38). The van der Waals surface area contributed by atoms with Crippen LogP contribution in [0.4, 0.5) is 15.8 Å². The van der Waals surface area contributed by atoms with Crippen molar-refractivity contribution in [3.8, 4) is 11.5 Å². The van der Waals surface area contributed by atoms with Crippen molar-refractivity contribution >= 4 is 34.1 Å². The molecule has 6 rings (SSSR count). The zero-order valence-corrected chi connectivity index (χ0v) is 21.7. The van der Waals surface area contributed by atoms with Crippen LogP contribution < -0.4 is 25.4 Å². The van der Waals surface area contributed by atoms with Gasteiger partial charge in [-0.25, -0.2) is 4.39 Å². The monoisotopic (exact) mass is 541 g/mol. The van der Waals surface area contributed by atoms with Crippen molar-refractivity contribution in [2.24, 2.45) is 0 Å². The predicted octanol–water partition coefficient (Wildman–Crippen LogP) is 4.05. The van der Waals surface area contributed by atoms with E-state index in [2.05, 4.69) is 20.9 Å². The Labute approximate surface area is 230 Å². The van der Waals surface area contributed by atoms with Crippen molar-refractivity contribution in [3.63, 3.8) is 0 Å². The highest BCUT2D eigenvalue weighted by Crippen LogP contribution is 2.31. The first-order chi connectivity index (χ1) is 19.5. The number of benzene rings is 3. The van der Waals surface area contributed by atoms with Crippen molar-refractivity contribution in [3.05, 3.63) is 89.4 Å². The lowest BCUT2D eigenvalue weighted by Gasteiger charge is -2.26. The molecule has 0 saturated carbocycles. The number of amides is 2. The van der Waals surface area contributed by atoms with Gasteiger partial charge in [-0.2, -0.15) is 0 Å². The number of hydrogen-bond acceptors (Lipinski definition) is 7. The van der Waals surface area contributed by atoms with Gasteiger partial charge in [-0.15, -0.1) is 0 Å². The van der Waals surface area contributed by atoms with Crippen LogP contribution in [0.25, 0.3) is 10.9 Å². The van der Waals surface area contributed by atoms with Gasteiger partial charge in [-0.05, 0) is 60.7 Å². The zero-order chi connectivity index (χ0) is 27.5. The van der Waals surface area contributed by atoms with E-state index in [1.165, 1.54) is 18.2 Å². The molecule has 2 aliphatic rings. The van der Waals surface area contributed by atoms with Crippen LogP contribution in [0.5, 0.6) is 11.5 Å². The molecule has 0 unspecified atom stereocenters. The van der Waals surface area contributed by atoms with E-state index >= 15 is 0 Å². The second-order valence-electron chi connectivity index (χ2n) is 9.70. The van der Waals surface area contributed by atoms with Crippen molar-refractivity contribution in [1.82, 2.24) is 15.2 Å². The van der Waals surface area contributed by atoms with Gasteiger partial charge in [0, 0.05) is 54.9 Å². The molecule has 4 aromatic rings. The van der Waals surface area contributed by atoms with Gasteiger partial charge < -0.3 is 25.4 Å². The van der Waals surface area contributed by atoms with Gasteiger partial charge in [-0.1, -0.05) is 6.07 Å². The summed E-state index contributed by atoms with van der Waals surface area (Å²) < 4.78 is 25.6. The van der Waals surface area contributed by atoms with E-state index in [1.807, 2.05) is 12.1 Å². The topological polar surface area (TPSA) is 105 Å². The van der Waals surface area contributed by atoms with Gasteiger partial charge in [0.15, 0.2) is 11.5 Å². The Balaban J connectivity index is 1.14. The third-order valence-electron chi connectivity index (χ3n) is 6.88. The number of carbonyl (C=O) groups is 2. The number of nitrogens with one attached hydrogen (secondary N) is 3. The van der Waals surface area contributed by atoms with E-state index in [4.69, 9.17) is 14.5 Å². The third kappa shape index (κ3) is 5.73. The fourth-order valence-electron chi connectivity index (χ4n) is 4.78. The molecule has 204 valence electrons. The summed E-state index contributed by atoms with van der Waals surface area (Å²) in [5.74, 6) is -0.423. The van der Waals surface area contributed by atoms with E-state index in [9.17, 15) is 14.0 Å². The zero-order valence-electron chi connectivity index (χ0n) is 21.7. The number of pyridine rings is 1. The molecular formula is C30H28FN5O4. The minimum absolute atomic E-state index is 0.0467. The highest BCUT2D eigenvalue weighted by atomic mass is 19.1. The SMILES string of the molecule is O=C(Nc1ccc(F)c(NC(=O)c2ccc3nc(CN4CCNCC4)ccc3c2)c1)c1ccc2c(c1)OCCO2. The number of ether oxygens (including phenoxy) is 2. The third-order valence-corrected chi connectivity index (χ3v) is 6.88. The van der Waals surface area contributed by atoms with Gasteiger partial charge in [0.2, 0.25) is 0 Å². The molecule has 0 aliphatic carbocycles. The smallest absolute Gasteiger partial charge is 0.255 e. The number of anilines is 2. The normalized spacial score (nSPS) is 15.0. The lowest BCUT2D eigenvalue weighted by atomic mass is 10.1. The number of nitrogens with zero attached hydrogens (tertiary/aromatic N) is 2. The van der Waals surface area contributed by atoms with Crippen molar-refractivity contribution in [2.75, 3.05) is 50.0 Å². The Bertz CT molecular complexity index is 1590. The van der Waals surface area contributed by atoms with Gasteiger partial charge in [-0.3, -0.25) is 19.5 Å². The quantitative estimate of drug-likeness (QED) is 0.338. The van der Waals surface area contributed by atoms with E-state index in [-0.39, 0.29) is 5.69 Å². The minimum Gasteiger partial charge on any atom is -0.486 e. The second-order valence-corrected chi connectivity index (χ2v) is 9.70. The maximum absolute atomic E-state index is 14.6. The summed E-state index contributed by atoms with van der Waals surface area (Å²) in [5.41, 5.74) is 2.78. The first kappa shape index (κ1) is 25.7. The Morgan fingerprint density at radius 3 is 2.45 bits per heavy atom. The molecule has 10 heteroatoms. The van der Waals surface area contributed by atoms with Gasteiger partial charge >= 0.3 is 0 Å². The molecule has 0 bridgehead atoms. The van der Waals surface area contributed by atoms with E-state index < -0.39 is 17.6 Å². The average molecular weight is 542 g/mol. The first-order valence-electron chi connectivity index (χ1n) is 13.2. The first-order valence-corrected chi connectivity index (χ1v) is 13.2. The molecule has 2 aliphatic heterocycles. The number of aromatic nitrogens is 1. The van der Waals surface area contributed by atoms with Crippen molar-refractivity contribution in [2.45, 2.75) is 6.54 Å². The predicted molar refractivity (Wildman–Crippen MR) is 150 cm³/mol. The second kappa shape index (κ2) is 11.3. The Hall–Kier alpha value is -4.54. The number of carbonyl (C=O) groups excluding carboxylic acids is 2. The van der Waals surface area contributed by atoms with Crippen LogP contribution >= 0.6 is 0 Å². The summed E-state index contributed by atoms with van der Waals surface area (Å²) in [6.07, 6.45) is 0. The number of piperazine rings is 1. The Morgan fingerprint density at radius 2 is 1.60 bits per heavy atom. The molecule has 3 aromatic carbocycles. The summed E-state index contributed by atoms with van der Waals surface area (Å²) in [4.78, 5) is 32.9. The maximum atomic E-state index is 14.6. The van der Waals surface area contributed by atoms with Gasteiger partial charge in [0.05, 0.1) is 16.9 Å². The number of halogens is 1. The summed E-state index contributed by atoms with van der Waals surface area (Å²) in [5, 5.41) is 9.51. The molecule has 3 N–H and O–H groups in total. The molecule has 0 radical (unpaired) electrons. The lowest BCUT2D eigenvalue weighted by Crippen LogP contribution is -2.43. The van der Waals surface area contributed by atoms with Crippen LogP contribution in [-0.2, 0) is 6.54 Å². The largest absolute Gasteiger partial charge is 0.486 e. The highest BCUT2D eigenvalue weighted by Gasteiger charge is 2.17. The average Bonchev–Trinajstić information content (AvgIpc) is 2.98. The van der Waals surface area contributed by atoms with Gasteiger partial charge in [0.25, 0.3) is 11.8 Å². The van der Waals surface area contributed by atoms with Crippen LogP contribution in [0.15, 0.2) is 66.7 Å². The Morgan fingerprint density at radius 1 is 0.850 bits per heavy atom. The summed E-state index contributed by atoms with van der Waals surface area (Å²) in [6, 6.07) is 18.0. The van der Waals surface area contributed by atoms with Crippen LogP contribution in [0.1, 0.15) is 26.4 Å². The van der Waals surface area contributed by atoms with Gasteiger partial charge in [0.1, 0.15) is 19.0 Å². The number of rotatable bonds is 6. The summed E-state index contributed by atoms with van der Waals surface area (Å²) >= 11 is 0. The van der Waals surface area contributed by atoms with Crippen LogP contribution in [0.2, 0.25) is 0 Å². The molecule has 0 spiro atoms. The highest BCUT2D eigenvalue weighted by molar-refractivity contribution is 6.07. The number of hydrogen-bond donors (Lipinski definition) is 3. The Kier molecular flexibility index (Phi) is 7.26. The summed E-state index contributed by atoms with van der Waals surface area (Å²) in [6.45, 7) is 5.56. The van der Waals surface area contributed by atoms with Crippen molar-refractivity contribution < 1.29 is 23.5 Å². The van der Waals surface area contributed by atoms with E-state index in [1.54, 1.807) is 36.4 Å². The molecule has 1 saturated heterocycles. The van der Waals surface area contributed by atoms with E-state index in [0.29, 0.717) is 41.5 Å². The maximum Gasteiger partial charge on any atom is 0.255 e. The fraction of sp³-hybridized carbons (Fsp3) is 0.233. The molecule has 9 nitrogen and oxygen atoms in total. The van der Waals surface area contributed by atoms with E-state index in [0.717, 1.165) is 49.3 Å². The lowest BCUT2D eigenvalue weighted by molar-refractivity contribution is 0.101. The van der Waals surface area contributed by atoms with Crippen molar-refractivity contribution in [1.29, 1.82) is 0 Å². The summed E-state index contributed by atoms with van der Waals surface area (Å²) in [7, 11) is 0. The molecule has 40 heavy (non-hydrogen) atoms. The molecule has 3 heterocycles. The molecule has 1 fully saturated rings. The minimum atomic E-state index is -0.620. The molecular weight excluding hydrogens is 513 g/mol. The molecule has 1 aromatic heterocycles. The van der Waals surface area contributed by atoms with Crippen LogP contribution in [0.3, 0.4) is 0 Å². The molecule has 2 amide bonds. The molecule has 0 atom stereocenters. The fourth-order valence-corrected chi connectivity index (χ4v) is 4.78. The van der Waals surface area contributed by atoms with Crippen LogP contribution in [0, 0.1) is 5.82 Å². The van der Waals surface area contributed by atoms with Crippen LogP contribution in [-0.4, -0.2) is 61.1 Å². The number of fused-ring (bicyclic) bond motifs is 2.